The van der Waals surface area contributed by atoms with Crippen LogP contribution in [0.25, 0.3) is 0 Å². The summed E-state index contributed by atoms with van der Waals surface area (Å²) in [5.74, 6) is 0.895. The lowest BCUT2D eigenvalue weighted by molar-refractivity contribution is 0.111. The molecule has 14 heavy (non-hydrogen) atoms. The number of ether oxygens (including phenoxy) is 2. The minimum atomic E-state index is 0.288. The third kappa shape index (κ3) is 1.68. The number of benzene rings is 1. The van der Waals surface area contributed by atoms with Gasteiger partial charge in [-0.1, -0.05) is 6.07 Å². The number of hydrogen-bond acceptors (Lipinski definition) is 3. The van der Waals surface area contributed by atoms with Gasteiger partial charge in [0, 0.05) is 31.8 Å². The molecule has 0 fully saturated rings. The van der Waals surface area contributed by atoms with E-state index in [1.807, 2.05) is 12.1 Å². The first-order valence-corrected chi connectivity index (χ1v) is 4.77. The average molecular weight is 193 g/mol. The molecule has 1 aromatic carbocycles. The highest BCUT2D eigenvalue weighted by atomic mass is 16.5. The van der Waals surface area contributed by atoms with Crippen LogP contribution in [0.5, 0.6) is 5.75 Å². The third-order valence-corrected chi connectivity index (χ3v) is 2.62. The molecule has 2 rings (SSSR count). The van der Waals surface area contributed by atoms with Crippen LogP contribution >= 0.6 is 0 Å². The molecule has 1 N–H and O–H groups in total. The molecule has 1 unspecified atom stereocenters. The van der Waals surface area contributed by atoms with Gasteiger partial charge in [0.15, 0.2) is 0 Å². The lowest BCUT2D eigenvalue weighted by atomic mass is 10.0. The van der Waals surface area contributed by atoms with Gasteiger partial charge in [0.1, 0.15) is 5.75 Å². The molecule has 76 valence electrons. The van der Waals surface area contributed by atoms with E-state index >= 15 is 0 Å². The second kappa shape index (κ2) is 3.88. The van der Waals surface area contributed by atoms with E-state index in [1.54, 1.807) is 14.2 Å². The van der Waals surface area contributed by atoms with Crippen LogP contribution in [0.2, 0.25) is 0 Å². The number of anilines is 1. The molecule has 0 radical (unpaired) electrons. The van der Waals surface area contributed by atoms with Gasteiger partial charge in [-0.3, -0.25) is 0 Å². The molecule has 1 aliphatic heterocycles. The van der Waals surface area contributed by atoms with Gasteiger partial charge < -0.3 is 14.8 Å². The number of nitrogens with one attached hydrogen (secondary N) is 1. The van der Waals surface area contributed by atoms with Crippen LogP contribution in [0.4, 0.5) is 5.69 Å². The van der Waals surface area contributed by atoms with Crippen LogP contribution in [0.15, 0.2) is 18.2 Å². The van der Waals surface area contributed by atoms with Gasteiger partial charge in [-0.25, -0.2) is 0 Å². The maximum atomic E-state index is 5.31. The third-order valence-electron chi connectivity index (χ3n) is 2.62. The zero-order valence-electron chi connectivity index (χ0n) is 8.54. The van der Waals surface area contributed by atoms with E-state index in [2.05, 4.69) is 11.4 Å². The fourth-order valence-corrected chi connectivity index (χ4v) is 1.73. The number of rotatable bonds is 2. The first-order chi connectivity index (χ1) is 6.83. The molecule has 1 heterocycles. The minimum absolute atomic E-state index is 0.288. The monoisotopic (exact) mass is 193 g/mol. The quantitative estimate of drug-likeness (QED) is 0.775. The second-order valence-corrected chi connectivity index (χ2v) is 3.47. The zero-order chi connectivity index (χ0) is 9.97. The lowest BCUT2D eigenvalue weighted by Gasteiger charge is -2.25. The zero-order valence-corrected chi connectivity index (χ0v) is 8.54. The Morgan fingerprint density at radius 2 is 2.21 bits per heavy atom. The molecule has 1 atom stereocenters. The van der Waals surface area contributed by atoms with Crippen molar-refractivity contribution in [3.63, 3.8) is 0 Å². The highest BCUT2D eigenvalue weighted by Gasteiger charge is 2.17. The highest BCUT2D eigenvalue weighted by Crippen LogP contribution is 2.27. The van der Waals surface area contributed by atoms with Crippen LogP contribution in [-0.2, 0) is 11.2 Å². The number of hydrogen-bond donors (Lipinski definition) is 1. The van der Waals surface area contributed by atoms with Gasteiger partial charge in [-0.05, 0) is 11.6 Å². The molecule has 1 aliphatic rings. The highest BCUT2D eigenvalue weighted by molar-refractivity contribution is 5.57. The van der Waals surface area contributed by atoms with E-state index < -0.39 is 0 Å². The predicted octanol–water partition coefficient (Wildman–Crippen LogP) is 1.68. The van der Waals surface area contributed by atoms with Crippen molar-refractivity contribution in [2.45, 2.75) is 12.5 Å². The molecule has 0 aliphatic carbocycles. The second-order valence-electron chi connectivity index (χ2n) is 3.47. The van der Waals surface area contributed by atoms with Crippen molar-refractivity contribution in [2.75, 3.05) is 26.1 Å². The van der Waals surface area contributed by atoms with E-state index in [-0.39, 0.29) is 6.10 Å². The molecule has 1 aromatic rings. The lowest BCUT2D eigenvalue weighted by Crippen LogP contribution is -2.29. The van der Waals surface area contributed by atoms with Gasteiger partial charge >= 0.3 is 0 Å². The Hall–Kier alpha value is -1.22. The molecule has 3 heteroatoms. The van der Waals surface area contributed by atoms with Crippen molar-refractivity contribution in [3.05, 3.63) is 23.8 Å². The maximum Gasteiger partial charge on any atom is 0.120 e. The van der Waals surface area contributed by atoms with Gasteiger partial charge in [0.2, 0.25) is 0 Å². The van der Waals surface area contributed by atoms with Crippen LogP contribution in [0.3, 0.4) is 0 Å². The Morgan fingerprint density at radius 1 is 1.36 bits per heavy atom. The molecule has 0 amide bonds. The predicted molar refractivity (Wildman–Crippen MR) is 56.0 cm³/mol. The topological polar surface area (TPSA) is 30.5 Å². The number of methoxy groups -OCH3 is 2. The van der Waals surface area contributed by atoms with E-state index in [0.29, 0.717) is 0 Å². The van der Waals surface area contributed by atoms with Crippen LogP contribution < -0.4 is 10.1 Å². The molecular weight excluding hydrogens is 178 g/mol. The smallest absolute Gasteiger partial charge is 0.120 e. The first kappa shape index (κ1) is 9.34. The van der Waals surface area contributed by atoms with Crippen molar-refractivity contribution in [1.82, 2.24) is 0 Å². The van der Waals surface area contributed by atoms with E-state index in [9.17, 15) is 0 Å². The Kier molecular flexibility index (Phi) is 2.59. The fraction of sp³-hybridized carbons (Fsp3) is 0.455. The summed E-state index contributed by atoms with van der Waals surface area (Å²) in [4.78, 5) is 0. The van der Waals surface area contributed by atoms with Crippen LogP contribution in [-0.4, -0.2) is 26.9 Å². The van der Waals surface area contributed by atoms with E-state index in [1.165, 1.54) is 5.56 Å². The van der Waals surface area contributed by atoms with Crippen molar-refractivity contribution < 1.29 is 9.47 Å². The number of fused-ring (bicyclic) bond motifs is 1. The van der Waals surface area contributed by atoms with Gasteiger partial charge in [-0.2, -0.15) is 0 Å². The summed E-state index contributed by atoms with van der Waals surface area (Å²) in [6.45, 7) is 0.872. The first-order valence-electron chi connectivity index (χ1n) is 4.77. The Bertz CT molecular complexity index is 325. The molecule has 0 aromatic heterocycles. The standard InChI is InChI=1S/C11H15NO2/c1-13-9-4-3-8-5-10(14-2)7-12-11(8)6-9/h3-4,6,10,12H,5,7H2,1-2H3. The largest absolute Gasteiger partial charge is 0.497 e. The molecule has 0 saturated carbocycles. The maximum absolute atomic E-state index is 5.31. The molecule has 0 spiro atoms. The summed E-state index contributed by atoms with van der Waals surface area (Å²) in [6.07, 6.45) is 1.26. The van der Waals surface area contributed by atoms with Crippen molar-refractivity contribution >= 4 is 5.69 Å². The summed E-state index contributed by atoms with van der Waals surface area (Å²) in [5, 5.41) is 3.33. The van der Waals surface area contributed by atoms with Crippen molar-refractivity contribution in [2.24, 2.45) is 0 Å². The van der Waals surface area contributed by atoms with E-state index in [4.69, 9.17) is 9.47 Å². The average Bonchev–Trinajstić information content (AvgIpc) is 2.27. The van der Waals surface area contributed by atoms with Crippen LogP contribution in [0, 0.1) is 0 Å². The summed E-state index contributed by atoms with van der Waals surface area (Å²) < 4.78 is 10.5. The Morgan fingerprint density at radius 3 is 2.93 bits per heavy atom. The molecule has 0 bridgehead atoms. The van der Waals surface area contributed by atoms with Gasteiger partial charge in [0.25, 0.3) is 0 Å². The summed E-state index contributed by atoms with van der Waals surface area (Å²) >= 11 is 0. The normalized spacial score (nSPS) is 19.7. The van der Waals surface area contributed by atoms with Crippen molar-refractivity contribution in [1.29, 1.82) is 0 Å². The molecule has 0 saturated heterocycles. The summed E-state index contributed by atoms with van der Waals surface area (Å²) in [7, 11) is 3.43. The summed E-state index contributed by atoms with van der Waals surface area (Å²) in [6, 6.07) is 6.10. The van der Waals surface area contributed by atoms with Gasteiger partial charge in [0.05, 0.1) is 13.2 Å². The van der Waals surface area contributed by atoms with Crippen molar-refractivity contribution in [3.8, 4) is 5.75 Å². The van der Waals surface area contributed by atoms with Gasteiger partial charge in [-0.15, -0.1) is 0 Å². The molecule has 3 nitrogen and oxygen atoms in total. The summed E-state index contributed by atoms with van der Waals surface area (Å²) in [5.41, 5.74) is 2.46. The van der Waals surface area contributed by atoms with E-state index in [0.717, 1.165) is 24.4 Å². The fourth-order valence-electron chi connectivity index (χ4n) is 1.73. The Balaban J connectivity index is 2.23. The minimum Gasteiger partial charge on any atom is -0.497 e. The Labute approximate surface area is 84.0 Å². The SMILES string of the molecule is COc1ccc2c(c1)NCC(OC)C2. The van der Waals surface area contributed by atoms with Crippen LogP contribution in [0.1, 0.15) is 5.56 Å². The molecular formula is C11H15NO2.